The molecule has 126 valence electrons. The molecule has 24 heavy (non-hydrogen) atoms. The number of nitrogens with one attached hydrogen (secondary N) is 2. The molecule has 0 spiro atoms. The molecule has 1 amide bonds. The van der Waals surface area contributed by atoms with E-state index in [0.717, 1.165) is 0 Å². The maximum Gasteiger partial charge on any atom is 0.338 e. The number of ether oxygens (including phenoxy) is 1. The van der Waals surface area contributed by atoms with Crippen molar-refractivity contribution in [3.05, 3.63) is 65.0 Å². The highest BCUT2D eigenvalue weighted by atomic mass is 19.1. The number of halogens is 1. The second-order valence-electron chi connectivity index (χ2n) is 5.19. The smallest absolute Gasteiger partial charge is 0.338 e. The summed E-state index contributed by atoms with van der Waals surface area (Å²) >= 11 is 0. The fourth-order valence-electron chi connectivity index (χ4n) is 2.23. The van der Waals surface area contributed by atoms with Crippen LogP contribution in [-0.2, 0) is 16.1 Å². The van der Waals surface area contributed by atoms with E-state index in [1.165, 1.54) is 13.2 Å². The van der Waals surface area contributed by atoms with Gasteiger partial charge in [-0.25, -0.2) is 9.18 Å². The molecule has 2 aromatic rings. The molecule has 0 aromatic heterocycles. The van der Waals surface area contributed by atoms with Gasteiger partial charge in [0.15, 0.2) is 0 Å². The van der Waals surface area contributed by atoms with Crippen LogP contribution in [0, 0.1) is 12.7 Å². The Morgan fingerprint density at radius 2 is 1.88 bits per heavy atom. The lowest BCUT2D eigenvalue weighted by molar-refractivity contribution is -0.119. The average molecular weight is 330 g/mol. The summed E-state index contributed by atoms with van der Waals surface area (Å²) in [4.78, 5) is 23.6. The van der Waals surface area contributed by atoms with E-state index in [2.05, 4.69) is 10.6 Å². The Labute approximate surface area is 139 Å². The maximum absolute atomic E-state index is 13.5. The number of rotatable bonds is 6. The number of anilines is 1. The third-order valence-electron chi connectivity index (χ3n) is 3.61. The number of hydrogen-bond donors (Lipinski definition) is 2. The lowest BCUT2D eigenvalue weighted by Crippen LogP contribution is -2.29. The van der Waals surface area contributed by atoms with Crippen molar-refractivity contribution in [1.82, 2.24) is 5.32 Å². The minimum absolute atomic E-state index is 0.0138. The summed E-state index contributed by atoms with van der Waals surface area (Å²) in [5.41, 5.74) is 2.23. The number of carbonyl (C=O) groups is 2. The number of amides is 1. The van der Waals surface area contributed by atoms with E-state index in [-0.39, 0.29) is 24.8 Å². The maximum atomic E-state index is 13.5. The highest BCUT2D eigenvalue weighted by molar-refractivity contribution is 5.93. The molecule has 0 heterocycles. The Bertz CT molecular complexity index is 747. The highest BCUT2D eigenvalue weighted by Crippen LogP contribution is 2.19. The van der Waals surface area contributed by atoms with Gasteiger partial charge in [0, 0.05) is 17.8 Å². The van der Waals surface area contributed by atoms with E-state index >= 15 is 0 Å². The molecule has 0 aliphatic carbocycles. The van der Waals surface area contributed by atoms with Crippen molar-refractivity contribution >= 4 is 17.6 Å². The fraction of sp³-hybridized carbons (Fsp3) is 0.222. The van der Waals surface area contributed by atoms with Crippen molar-refractivity contribution in [2.45, 2.75) is 13.5 Å². The van der Waals surface area contributed by atoms with Gasteiger partial charge in [0.1, 0.15) is 5.82 Å². The number of methoxy groups -OCH3 is 1. The average Bonchev–Trinajstić information content (AvgIpc) is 2.59. The second-order valence-corrected chi connectivity index (χ2v) is 5.19. The SMILES string of the molecule is COC(=O)c1cccc(NCC(=O)NCc2ccccc2F)c1C. The van der Waals surface area contributed by atoms with Crippen molar-refractivity contribution in [3.8, 4) is 0 Å². The Balaban J connectivity index is 1.92. The van der Waals surface area contributed by atoms with E-state index in [1.54, 1.807) is 43.3 Å². The van der Waals surface area contributed by atoms with Crippen LogP contribution in [0.25, 0.3) is 0 Å². The van der Waals surface area contributed by atoms with Crippen LogP contribution >= 0.6 is 0 Å². The van der Waals surface area contributed by atoms with E-state index in [9.17, 15) is 14.0 Å². The minimum atomic E-state index is -0.430. The summed E-state index contributed by atoms with van der Waals surface area (Å²) in [6.07, 6.45) is 0. The van der Waals surface area contributed by atoms with Gasteiger partial charge in [-0.2, -0.15) is 0 Å². The molecule has 0 aliphatic rings. The summed E-state index contributed by atoms with van der Waals surface area (Å²) in [5, 5.41) is 5.61. The first kappa shape index (κ1) is 17.5. The Kier molecular flexibility index (Phi) is 5.89. The molecule has 0 aliphatic heterocycles. The summed E-state index contributed by atoms with van der Waals surface area (Å²) in [6.45, 7) is 1.90. The molecular formula is C18H19FN2O3. The lowest BCUT2D eigenvalue weighted by Gasteiger charge is -2.12. The molecule has 0 unspecified atom stereocenters. The van der Waals surface area contributed by atoms with Gasteiger partial charge >= 0.3 is 5.97 Å². The number of carbonyl (C=O) groups excluding carboxylic acids is 2. The molecule has 0 saturated heterocycles. The zero-order chi connectivity index (χ0) is 17.5. The Morgan fingerprint density at radius 3 is 2.58 bits per heavy atom. The first-order chi connectivity index (χ1) is 11.5. The summed E-state index contributed by atoms with van der Waals surface area (Å²) in [7, 11) is 1.32. The first-order valence-corrected chi connectivity index (χ1v) is 7.45. The monoisotopic (exact) mass is 330 g/mol. The van der Waals surface area contributed by atoms with Crippen molar-refractivity contribution in [1.29, 1.82) is 0 Å². The van der Waals surface area contributed by atoms with Crippen molar-refractivity contribution < 1.29 is 18.7 Å². The molecule has 2 N–H and O–H groups in total. The van der Waals surface area contributed by atoms with Crippen LogP contribution in [-0.4, -0.2) is 25.5 Å². The van der Waals surface area contributed by atoms with Crippen LogP contribution < -0.4 is 10.6 Å². The van der Waals surface area contributed by atoms with Gasteiger partial charge in [-0.15, -0.1) is 0 Å². The molecule has 0 radical (unpaired) electrons. The number of benzene rings is 2. The number of esters is 1. The summed E-state index contributed by atoms with van der Waals surface area (Å²) in [5.74, 6) is -1.06. The van der Waals surface area contributed by atoms with Crippen LogP contribution in [0.5, 0.6) is 0 Å². The van der Waals surface area contributed by atoms with Crippen molar-refractivity contribution in [2.24, 2.45) is 0 Å². The largest absolute Gasteiger partial charge is 0.465 e. The topological polar surface area (TPSA) is 67.4 Å². The fourth-order valence-corrected chi connectivity index (χ4v) is 2.23. The van der Waals surface area contributed by atoms with Crippen LogP contribution in [0.2, 0.25) is 0 Å². The van der Waals surface area contributed by atoms with Gasteiger partial charge < -0.3 is 15.4 Å². The van der Waals surface area contributed by atoms with Gasteiger partial charge in [0.25, 0.3) is 0 Å². The Hall–Kier alpha value is -2.89. The van der Waals surface area contributed by atoms with Gasteiger partial charge in [-0.1, -0.05) is 24.3 Å². The molecule has 2 aromatic carbocycles. The molecule has 0 atom stereocenters. The molecular weight excluding hydrogens is 311 g/mol. The third-order valence-corrected chi connectivity index (χ3v) is 3.61. The Morgan fingerprint density at radius 1 is 1.12 bits per heavy atom. The van der Waals surface area contributed by atoms with Crippen molar-refractivity contribution in [3.63, 3.8) is 0 Å². The van der Waals surface area contributed by atoms with Crippen LogP contribution in [0.3, 0.4) is 0 Å². The predicted octanol–water partition coefficient (Wildman–Crippen LogP) is 2.65. The number of hydrogen-bond acceptors (Lipinski definition) is 4. The van der Waals surface area contributed by atoms with E-state index in [0.29, 0.717) is 22.4 Å². The van der Waals surface area contributed by atoms with E-state index < -0.39 is 5.97 Å². The molecule has 0 saturated carbocycles. The molecule has 0 bridgehead atoms. The first-order valence-electron chi connectivity index (χ1n) is 7.45. The van der Waals surface area contributed by atoms with Gasteiger partial charge in [0.2, 0.25) is 5.91 Å². The van der Waals surface area contributed by atoms with Crippen molar-refractivity contribution in [2.75, 3.05) is 19.0 Å². The quantitative estimate of drug-likeness (QED) is 0.799. The zero-order valence-electron chi connectivity index (χ0n) is 13.6. The zero-order valence-corrected chi connectivity index (χ0v) is 13.6. The molecule has 5 nitrogen and oxygen atoms in total. The minimum Gasteiger partial charge on any atom is -0.465 e. The predicted molar refractivity (Wildman–Crippen MR) is 89.3 cm³/mol. The summed E-state index contributed by atoms with van der Waals surface area (Å²) < 4.78 is 18.2. The lowest BCUT2D eigenvalue weighted by atomic mass is 10.1. The van der Waals surface area contributed by atoms with Gasteiger partial charge in [0.05, 0.1) is 19.2 Å². The van der Waals surface area contributed by atoms with Gasteiger partial charge in [-0.05, 0) is 30.7 Å². The molecule has 6 heteroatoms. The van der Waals surface area contributed by atoms with Gasteiger partial charge in [-0.3, -0.25) is 4.79 Å². The van der Waals surface area contributed by atoms with Crippen LogP contribution in [0.4, 0.5) is 10.1 Å². The van der Waals surface area contributed by atoms with Crippen LogP contribution in [0.15, 0.2) is 42.5 Å². The second kappa shape index (κ2) is 8.10. The highest BCUT2D eigenvalue weighted by Gasteiger charge is 2.12. The molecule has 2 rings (SSSR count). The summed E-state index contributed by atoms with van der Waals surface area (Å²) in [6, 6.07) is 11.4. The van der Waals surface area contributed by atoms with E-state index in [1.807, 2.05) is 0 Å². The molecule has 0 fully saturated rings. The van der Waals surface area contributed by atoms with Crippen LogP contribution in [0.1, 0.15) is 21.5 Å². The van der Waals surface area contributed by atoms with E-state index in [4.69, 9.17) is 4.74 Å². The third kappa shape index (κ3) is 4.32. The standard InChI is InChI=1S/C18H19FN2O3/c1-12-14(18(23)24-2)7-5-9-16(12)20-11-17(22)21-10-13-6-3-4-8-15(13)19/h3-9,20H,10-11H2,1-2H3,(H,21,22). The normalized spacial score (nSPS) is 10.1.